The van der Waals surface area contributed by atoms with Crippen LogP contribution in [0.5, 0.6) is 0 Å². The van der Waals surface area contributed by atoms with Crippen LogP contribution in [0.2, 0.25) is 0 Å². The number of methoxy groups -OCH3 is 1. The summed E-state index contributed by atoms with van der Waals surface area (Å²) >= 11 is 1.41. The molecule has 2 N–H and O–H groups in total. The molecule has 0 radical (unpaired) electrons. The second-order valence-corrected chi connectivity index (χ2v) is 6.32. The average Bonchev–Trinajstić information content (AvgIpc) is 2.46. The van der Waals surface area contributed by atoms with Gasteiger partial charge < -0.3 is 15.2 Å². The number of thioether (sulfide) groups is 1. The number of hydrogen-bond acceptors (Lipinski definition) is 4. The van der Waals surface area contributed by atoms with Crippen molar-refractivity contribution in [2.24, 2.45) is 5.92 Å². The Hall–Kier alpha value is -1.60. The van der Waals surface area contributed by atoms with Crippen LogP contribution in [0.3, 0.4) is 0 Å². The highest BCUT2D eigenvalue weighted by atomic mass is 32.2. The summed E-state index contributed by atoms with van der Waals surface area (Å²) in [5.74, 6) is -1.77. The first-order chi connectivity index (χ1) is 10.3. The molecule has 2 atom stereocenters. The Morgan fingerprint density at radius 2 is 2.00 bits per heavy atom. The molecule has 0 bridgehead atoms. The minimum Gasteiger partial charge on any atom is -0.479 e. The lowest BCUT2D eigenvalue weighted by Crippen LogP contribution is -2.56. The molecule has 7 heteroatoms. The molecule has 22 heavy (non-hydrogen) atoms. The number of carbonyl (C=O) groups excluding carboxylic acids is 1. The Balaban J connectivity index is 2.57. The third-order valence-corrected chi connectivity index (χ3v) is 4.34. The first-order valence-electron chi connectivity index (χ1n) is 6.71. The zero-order chi connectivity index (χ0) is 16.8. The van der Waals surface area contributed by atoms with E-state index < -0.39 is 17.4 Å². The van der Waals surface area contributed by atoms with Crippen molar-refractivity contribution in [2.75, 3.05) is 19.5 Å². The quantitative estimate of drug-likeness (QED) is 0.715. The zero-order valence-electron chi connectivity index (χ0n) is 12.8. The molecule has 122 valence electrons. The van der Waals surface area contributed by atoms with Crippen LogP contribution in [-0.2, 0) is 14.3 Å². The minimum atomic E-state index is -1.46. The number of nitrogens with one attached hydrogen (secondary N) is 1. The Morgan fingerprint density at radius 3 is 2.50 bits per heavy atom. The van der Waals surface area contributed by atoms with Gasteiger partial charge in [-0.25, -0.2) is 9.18 Å². The van der Waals surface area contributed by atoms with Crippen LogP contribution in [0.1, 0.15) is 13.8 Å². The SMILES string of the molecule is COCC(C)(NC(=O)C(C)CSc1ccc(F)cc1)C(=O)O. The van der Waals surface area contributed by atoms with Crippen LogP contribution in [0.15, 0.2) is 29.2 Å². The van der Waals surface area contributed by atoms with Crippen molar-refractivity contribution in [3.8, 4) is 0 Å². The van der Waals surface area contributed by atoms with E-state index in [0.717, 1.165) is 4.90 Å². The Labute approximate surface area is 133 Å². The maximum absolute atomic E-state index is 12.8. The number of aliphatic carboxylic acids is 1. The van der Waals surface area contributed by atoms with Gasteiger partial charge in [-0.15, -0.1) is 11.8 Å². The van der Waals surface area contributed by atoms with Crippen LogP contribution in [0.25, 0.3) is 0 Å². The van der Waals surface area contributed by atoms with Crippen molar-refractivity contribution >= 4 is 23.6 Å². The fourth-order valence-electron chi connectivity index (χ4n) is 1.66. The van der Waals surface area contributed by atoms with Crippen LogP contribution in [0.4, 0.5) is 4.39 Å². The molecule has 0 aliphatic heterocycles. The third-order valence-electron chi connectivity index (χ3n) is 3.07. The van der Waals surface area contributed by atoms with Crippen LogP contribution in [0, 0.1) is 11.7 Å². The van der Waals surface area contributed by atoms with Gasteiger partial charge in [0.15, 0.2) is 5.54 Å². The fourth-order valence-corrected chi connectivity index (χ4v) is 2.59. The first kappa shape index (κ1) is 18.4. The molecule has 1 rings (SSSR count). The number of hydrogen-bond donors (Lipinski definition) is 2. The predicted octanol–water partition coefficient (Wildman–Crippen LogP) is 2.16. The third kappa shape index (κ3) is 5.31. The maximum Gasteiger partial charge on any atom is 0.331 e. The molecule has 0 saturated heterocycles. The molecule has 1 amide bonds. The van der Waals surface area contributed by atoms with E-state index in [1.54, 1.807) is 19.1 Å². The van der Waals surface area contributed by atoms with Gasteiger partial charge in [0, 0.05) is 23.7 Å². The summed E-state index contributed by atoms with van der Waals surface area (Å²) in [6, 6.07) is 5.98. The normalized spacial score (nSPS) is 14.9. The van der Waals surface area contributed by atoms with Crippen LogP contribution in [-0.4, -0.2) is 42.0 Å². The van der Waals surface area contributed by atoms with Gasteiger partial charge in [-0.1, -0.05) is 6.92 Å². The van der Waals surface area contributed by atoms with Crippen LogP contribution < -0.4 is 5.32 Å². The molecular formula is C15H20FNO4S. The van der Waals surface area contributed by atoms with Crippen molar-refractivity contribution in [3.05, 3.63) is 30.1 Å². The molecule has 5 nitrogen and oxygen atoms in total. The molecule has 0 aliphatic rings. The molecule has 2 unspecified atom stereocenters. The van der Waals surface area contributed by atoms with E-state index in [0.29, 0.717) is 5.75 Å². The molecular weight excluding hydrogens is 309 g/mol. The first-order valence-corrected chi connectivity index (χ1v) is 7.70. The van der Waals surface area contributed by atoms with E-state index in [1.165, 1.54) is 37.9 Å². The smallest absolute Gasteiger partial charge is 0.331 e. The monoisotopic (exact) mass is 329 g/mol. The topological polar surface area (TPSA) is 75.6 Å². The number of carboxylic acids is 1. The van der Waals surface area contributed by atoms with Gasteiger partial charge in [0.05, 0.1) is 6.61 Å². The standard InChI is InChI=1S/C15H20FNO4S/c1-10(8-22-12-6-4-11(16)5-7-12)13(18)17-15(2,9-21-3)14(19)20/h4-7,10H,8-9H2,1-3H3,(H,17,18)(H,19,20). The molecule has 0 saturated carbocycles. The summed E-state index contributed by atoms with van der Waals surface area (Å²) in [6.07, 6.45) is 0. The number of rotatable bonds is 8. The van der Waals surface area contributed by atoms with Gasteiger partial charge in [0.1, 0.15) is 5.82 Å². The summed E-state index contributed by atoms with van der Waals surface area (Å²) in [5.41, 5.74) is -1.46. The van der Waals surface area contributed by atoms with E-state index in [2.05, 4.69) is 5.32 Å². The molecule has 0 fully saturated rings. The van der Waals surface area contributed by atoms with E-state index in [4.69, 9.17) is 4.74 Å². The number of amides is 1. The van der Waals surface area contributed by atoms with E-state index in [9.17, 15) is 19.1 Å². The van der Waals surface area contributed by atoms with Gasteiger partial charge in [-0.05, 0) is 31.2 Å². The summed E-state index contributed by atoms with van der Waals surface area (Å²) in [4.78, 5) is 24.2. The summed E-state index contributed by atoms with van der Waals surface area (Å²) in [7, 11) is 1.38. The average molecular weight is 329 g/mol. The van der Waals surface area contributed by atoms with Crippen molar-refractivity contribution in [2.45, 2.75) is 24.3 Å². The van der Waals surface area contributed by atoms with Crippen molar-refractivity contribution < 1.29 is 23.8 Å². The highest BCUT2D eigenvalue weighted by molar-refractivity contribution is 7.99. The van der Waals surface area contributed by atoms with Gasteiger partial charge >= 0.3 is 5.97 Å². The molecule has 0 spiro atoms. The molecule has 0 aromatic heterocycles. The van der Waals surface area contributed by atoms with Crippen molar-refractivity contribution in [3.63, 3.8) is 0 Å². The Morgan fingerprint density at radius 1 is 1.41 bits per heavy atom. The lowest BCUT2D eigenvalue weighted by atomic mass is 10.0. The molecule has 0 heterocycles. The highest BCUT2D eigenvalue weighted by Gasteiger charge is 2.36. The summed E-state index contributed by atoms with van der Waals surface area (Å²) < 4.78 is 17.7. The summed E-state index contributed by atoms with van der Waals surface area (Å²) in [6.45, 7) is 2.99. The summed E-state index contributed by atoms with van der Waals surface area (Å²) in [5, 5.41) is 11.7. The number of carboxylic acid groups (broad SMARTS) is 1. The van der Waals surface area contributed by atoms with Crippen LogP contribution >= 0.6 is 11.8 Å². The number of benzene rings is 1. The number of carbonyl (C=O) groups is 2. The van der Waals surface area contributed by atoms with E-state index >= 15 is 0 Å². The second-order valence-electron chi connectivity index (χ2n) is 5.23. The van der Waals surface area contributed by atoms with E-state index in [1.807, 2.05) is 0 Å². The minimum absolute atomic E-state index is 0.119. The van der Waals surface area contributed by atoms with Gasteiger partial charge in [0.25, 0.3) is 0 Å². The highest BCUT2D eigenvalue weighted by Crippen LogP contribution is 2.21. The Bertz CT molecular complexity index is 523. The molecule has 1 aromatic carbocycles. The second kappa shape index (κ2) is 8.14. The fraction of sp³-hybridized carbons (Fsp3) is 0.467. The van der Waals surface area contributed by atoms with Crippen molar-refractivity contribution in [1.82, 2.24) is 5.32 Å². The predicted molar refractivity (Wildman–Crippen MR) is 82.3 cm³/mol. The molecule has 0 aliphatic carbocycles. The largest absolute Gasteiger partial charge is 0.479 e. The maximum atomic E-state index is 12.8. The number of halogens is 1. The molecule has 1 aromatic rings. The zero-order valence-corrected chi connectivity index (χ0v) is 13.6. The number of ether oxygens (including phenoxy) is 1. The lowest BCUT2D eigenvalue weighted by molar-refractivity contribution is -0.149. The lowest BCUT2D eigenvalue weighted by Gasteiger charge is -2.26. The van der Waals surface area contributed by atoms with Crippen molar-refractivity contribution in [1.29, 1.82) is 0 Å². The van der Waals surface area contributed by atoms with E-state index in [-0.39, 0.29) is 18.3 Å². The Kier molecular flexibility index (Phi) is 6.83. The van der Waals surface area contributed by atoms with Gasteiger partial charge in [0.2, 0.25) is 5.91 Å². The van der Waals surface area contributed by atoms with Gasteiger partial charge in [-0.2, -0.15) is 0 Å². The van der Waals surface area contributed by atoms with Gasteiger partial charge in [-0.3, -0.25) is 4.79 Å².